The third-order valence-electron chi connectivity index (χ3n) is 6.27. The number of hydrogen-bond donors (Lipinski definition) is 0. The van der Waals surface area contributed by atoms with Gasteiger partial charge in [0.1, 0.15) is 0 Å². The van der Waals surface area contributed by atoms with E-state index in [4.69, 9.17) is 16.7 Å². The number of thiophene rings is 1. The lowest BCUT2D eigenvalue weighted by atomic mass is 10.2. The second-order valence-corrected chi connectivity index (χ2v) is 11.7. The Morgan fingerprint density at radius 1 is 0.972 bits per heavy atom. The monoisotopic (exact) mass is 540 g/mol. The molecule has 4 rings (SSSR count). The molecule has 0 spiro atoms. The van der Waals surface area contributed by atoms with Gasteiger partial charge in [-0.2, -0.15) is 5.10 Å². The van der Waals surface area contributed by atoms with E-state index in [-0.39, 0.29) is 0 Å². The van der Waals surface area contributed by atoms with Crippen LogP contribution in [0.2, 0.25) is 5.02 Å². The minimum Gasteiger partial charge on any atom is -0.303 e. The van der Waals surface area contributed by atoms with Gasteiger partial charge in [0.05, 0.1) is 27.0 Å². The lowest BCUT2D eigenvalue weighted by Crippen LogP contribution is -2.32. The fraction of sp³-hybridized carbons (Fsp3) is 0.321. The van der Waals surface area contributed by atoms with Gasteiger partial charge in [-0.25, -0.2) is 4.68 Å². The molecule has 1 atom stereocenters. The molecule has 0 amide bonds. The number of rotatable bonds is 11. The maximum atomic E-state index is 12.0. The van der Waals surface area contributed by atoms with E-state index in [0.29, 0.717) is 5.02 Å². The number of likely N-dealkylation sites (N-methyl/N-ethyl adjacent to an activating group) is 2. The molecule has 2 aromatic carbocycles. The topological polar surface area (TPSA) is 41.4 Å². The number of nitrogens with zero attached hydrogens (tertiary/aromatic N) is 4. The predicted octanol–water partition coefficient (Wildman–Crippen LogP) is 6.43. The van der Waals surface area contributed by atoms with Crippen molar-refractivity contribution in [3.8, 4) is 26.7 Å². The minimum atomic E-state index is -1.01. The summed E-state index contributed by atoms with van der Waals surface area (Å²) in [6, 6.07) is 22.2. The predicted molar refractivity (Wildman–Crippen MR) is 154 cm³/mol. The Kier molecular flexibility index (Phi) is 9.14. The standard InChI is InChI=1S/C28H33ClN4OS2/c1-5-32(6-2)17-16-31(3)20-22-19-26(33(30-22)25-13-8-7-12-24(25)29)28-15-14-27(35-28)21-10-9-11-23(18-21)36(4)34/h7-15,18-19H,5-6,16-17,20H2,1-4H3. The summed E-state index contributed by atoms with van der Waals surface area (Å²) in [6.45, 7) is 9.31. The molecule has 2 aromatic heterocycles. The zero-order chi connectivity index (χ0) is 25.7. The summed E-state index contributed by atoms with van der Waals surface area (Å²) >= 11 is 8.30. The van der Waals surface area contributed by atoms with E-state index in [0.717, 1.165) is 70.0 Å². The molecule has 5 nitrogen and oxygen atoms in total. The average Bonchev–Trinajstić information content (AvgIpc) is 3.52. The molecule has 0 fully saturated rings. The first-order valence-electron chi connectivity index (χ1n) is 12.2. The van der Waals surface area contributed by atoms with E-state index < -0.39 is 10.8 Å². The second-order valence-electron chi connectivity index (χ2n) is 8.79. The van der Waals surface area contributed by atoms with Crippen molar-refractivity contribution in [1.82, 2.24) is 19.6 Å². The van der Waals surface area contributed by atoms with Crippen molar-refractivity contribution >= 4 is 33.7 Å². The highest BCUT2D eigenvalue weighted by Crippen LogP contribution is 2.37. The van der Waals surface area contributed by atoms with E-state index in [9.17, 15) is 4.21 Å². The number of aromatic nitrogens is 2. The van der Waals surface area contributed by atoms with Gasteiger partial charge in [0.15, 0.2) is 0 Å². The maximum Gasteiger partial charge on any atom is 0.0844 e. The van der Waals surface area contributed by atoms with Gasteiger partial charge >= 0.3 is 0 Å². The lowest BCUT2D eigenvalue weighted by Gasteiger charge is -2.22. The Balaban J connectivity index is 1.66. The van der Waals surface area contributed by atoms with Crippen LogP contribution in [0.1, 0.15) is 19.5 Å². The number of halogens is 1. The summed E-state index contributed by atoms with van der Waals surface area (Å²) in [6.07, 6.45) is 1.71. The van der Waals surface area contributed by atoms with Crippen molar-refractivity contribution in [2.45, 2.75) is 25.3 Å². The molecule has 0 saturated carbocycles. The highest BCUT2D eigenvalue weighted by Gasteiger charge is 2.17. The summed E-state index contributed by atoms with van der Waals surface area (Å²) in [4.78, 5) is 7.82. The molecule has 0 saturated heterocycles. The van der Waals surface area contributed by atoms with Gasteiger partial charge in [-0.3, -0.25) is 9.11 Å². The Labute approximate surface area is 225 Å². The van der Waals surface area contributed by atoms with E-state index in [2.05, 4.69) is 55.0 Å². The van der Waals surface area contributed by atoms with Crippen molar-refractivity contribution in [3.05, 3.63) is 77.4 Å². The highest BCUT2D eigenvalue weighted by atomic mass is 35.5. The normalized spacial score (nSPS) is 12.5. The Hall–Kier alpha value is -2.29. The zero-order valence-electron chi connectivity index (χ0n) is 21.3. The van der Waals surface area contributed by atoms with Crippen molar-refractivity contribution in [2.24, 2.45) is 0 Å². The summed E-state index contributed by atoms with van der Waals surface area (Å²) in [5.74, 6) is 0. The fourth-order valence-corrected chi connectivity index (χ4v) is 5.94. The first-order chi connectivity index (χ1) is 17.4. The highest BCUT2D eigenvalue weighted by molar-refractivity contribution is 7.84. The fourth-order valence-electron chi connectivity index (χ4n) is 4.16. The molecule has 0 N–H and O–H groups in total. The van der Waals surface area contributed by atoms with Crippen LogP contribution in [0.4, 0.5) is 0 Å². The van der Waals surface area contributed by atoms with Gasteiger partial charge in [-0.1, -0.05) is 49.7 Å². The third kappa shape index (κ3) is 6.33. The Morgan fingerprint density at radius 3 is 2.44 bits per heavy atom. The molecule has 0 bridgehead atoms. The van der Waals surface area contributed by atoms with E-state index in [1.54, 1.807) is 17.6 Å². The van der Waals surface area contributed by atoms with E-state index in [1.807, 2.05) is 47.1 Å². The van der Waals surface area contributed by atoms with Crippen molar-refractivity contribution < 1.29 is 4.21 Å². The summed E-state index contributed by atoms with van der Waals surface area (Å²) in [5.41, 5.74) is 3.95. The van der Waals surface area contributed by atoms with Crippen LogP contribution in [0.25, 0.3) is 26.7 Å². The maximum absolute atomic E-state index is 12.0. The van der Waals surface area contributed by atoms with Crippen LogP contribution < -0.4 is 0 Å². The third-order valence-corrected chi connectivity index (χ3v) is 8.67. The summed E-state index contributed by atoms with van der Waals surface area (Å²) < 4.78 is 13.9. The first kappa shape index (κ1) is 26.8. The van der Waals surface area contributed by atoms with Gasteiger partial charge < -0.3 is 4.90 Å². The Morgan fingerprint density at radius 2 is 1.72 bits per heavy atom. The van der Waals surface area contributed by atoms with Gasteiger partial charge in [0, 0.05) is 46.5 Å². The van der Waals surface area contributed by atoms with Crippen molar-refractivity contribution in [1.29, 1.82) is 0 Å². The summed E-state index contributed by atoms with van der Waals surface area (Å²) in [7, 11) is 1.13. The SMILES string of the molecule is CCN(CC)CCN(C)Cc1cc(-c2ccc(-c3cccc(S(C)=O)c3)s2)n(-c2ccccc2Cl)n1. The number of hydrogen-bond acceptors (Lipinski definition) is 5. The van der Waals surface area contributed by atoms with Crippen molar-refractivity contribution in [2.75, 3.05) is 39.5 Å². The largest absolute Gasteiger partial charge is 0.303 e. The smallest absolute Gasteiger partial charge is 0.0844 e. The van der Waals surface area contributed by atoms with Gasteiger partial charge in [0.25, 0.3) is 0 Å². The van der Waals surface area contributed by atoms with Crippen LogP contribution >= 0.6 is 22.9 Å². The molecule has 8 heteroatoms. The van der Waals surface area contributed by atoms with Crippen LogP contribution in [0.15, 0.2) is 71.6 Å². The number of para-hydroxylation sites is 1. The molecule has 36 heavy (non-hydrogen) atoms. The quantitative estimate of drug-likeness (QED) is 0.220. The number of benzene rings is 2. The molecule has 0 aliphatic rings. The van der Waals surface area contributed by atoms with Crippen LogP contribution in [0.5, 0.6) is 0 Å². The molecular formula is C28H33ClN4OS2. The van der Waals surface area contributed by atoms with E-state index >= 15 is 0 Å². The molecule has 2 heterocycles. The second kappa shape index (κ2) is 12.3. The minimum absolute atomic E-state index is 0.665. The molecular weight excluding hydrogens is 508 g/mol. The molecule has 0 aliphatic carbocycles. The zero-order valence-corrected chi connectivity index (χ0v) is 23.7. The lowest BCUT2D eigenvalue weighted by molar-refractivity contribution is 0.235. The van der Waals surface area contributed by atoms with E-state index in [1.165, 1.54) is 0 Å². The van der Waals surface area contributed by atoms with Crippen molar-refractivity contribution in [3.63, 3.8) is 0 Å². The van der Waals surface area contributed by atoms with Crippen LogP contribution in [0, 0.1) is 0 Å². The average molecular weight is 541 g/mol. The molecule has 0 aliphatic heterocycles. The first-order valence-corrected chi connectivity index (χ1v) is 14.9. The van der Waals surface area contributed by atoms with Gasteiger partial charge in [-0.15, -0.1) is 11.3 Å². The van der Waals surface area contributed by atoms with Gasteiger partial charge in [0.2, 0.25) is 0 Å². The van der Waals surface area contributed by atoms with Crippen LogP contribution in [-0.2, 0) is 17.3 Å². The molecule has 1 unspecified atom stereocenters. The molecule has 0 radical (unpaired) electrons. The van der Waals surface area contributed by atoms with Crippen LogP contribution in [-0.4, -0.2) is 63.3 Å². The van der Waals surface area contributed by atoms with Gasteiger partial charge in [-0.05, 0) is 68.2 Å². The summed E-state index contributed by atoms with van der Waals surface area (Å²) in [5, 5.41) is 5.65. The molecule has 190 valence electrons. The Bertz CT molecular complexity index is 1330. The van der Waals surface area contributed by atoms with Crippen LogP contribution in [0.3, 0.4) is 0 Å². The molecule has 4 aromatic rings.